The highest BCUT2D eigenvalue weighted by molar-refractivity contribution is 7.19. The molecule has 1 aromatic carbocycles. The van der Waals surface area contributed by atoms with Gasteiger partial charge in [0.1, 0.15) is 0 Å². The standard InChI is InChI=1S/C13H18ClNOSi/c1-17(2,14)10-15-9-12(8-13(15)16)11-6-4-3-5-7-11/h3-7,12H,8-10H2,1-2H3/t12-/m0/s1. The maximum Gasteiger partial charge on any atom is 0.223 e. The lowest BCUT2D eigenvalue weighted by Gasteiger charge is -2.23. The van der Waals surface area contributed by atoms with Crippen LogP contribution in [0.3, 0.4) is 0 Å². The Morgan fingerprint density at radius 3 is 2.59 bits per heavy atom. The van der Waals surface area contributed by atoms with Gasteiger partial charge in [-0.2, -0.15) is 11.1 Å². The highest BCUT2D eigenvalue weighted by atomic mass is 35.6. The van der Waals surface area contributed by atoms with Crippen LogP contribution in [0, 0.1) is 0 Å². The van der Waals surface area contributed by atoms with Crippen LogP contribution >= 0.6 is 11.1 Å². The monoisotopic (exact) mass is 267 g/mol. The smallest absolute Gasteiger partial charge is 0.223 e. The minimum atomic E-state index is -1.72. The van der Waals surface area contributed by atoms with Gasteiger partial charge in [-0.3, -0.25) is 4.79 Å². The predicted octanol–water partition coefficient (Wildman–Crippen LogP) is 2.99. The molecule has 0 N–H and O–H groups in total. The van der Waals surface area contributed by atoms with E-state index < -0.39 is 7.38 Å². The zero-order chi connectivity index (χ0) is 12.5. The zero-order valence-electron chi connectivity index (χ0n) is 10.3. The van der Waals surface area contributed by atoms with E-state index in [0.717, 1.165) is 12.7 Å². The molecule has 0 bridgehead atoms. The first kappa shape index (κ1) is 12.6. The summed E-state index contributed by atoms with van der Waals surface area (Å²) < 4.78 is 0. The molecule has 92 valence electrons. The van der Waals surface area contributed by atoms with Gasteiger partial charge >= 0.3 is 0 Å². The summed E-state index contributed by atoms with van der Waals surface area (Å²) in [7, 11) is -1.72. The maximum atomic E-state index is 11.9. The Hall–Kier alpha value is -0.803. The molecule has 0 aromatic heterocycles. The second kappa shape index (κ2) is 4.82. The van der Waals surface area contributed by atoms with Gasteiger partial charge in [0.15, 0.2) is 7.38 Å². The van der Waals surface area contributed by atoms with Crippen molar-refractivity contribution in [3.63, 3.8) is 0 Å². The first-order valence-corrected chi connectivity index (χ1v) is 10.2. The Balaban J connectivity index is 2.05. The summed E-state index contributed by atoms with van der Waals surface area (Å²) in [6, 6.07) is 10.3. The molecule has 1 heterocycles. The van der Waals surface area contributed by atoms with Gasteiger partial charge in [-0.25, -0.2) is 0 Å². The number of hydrogen-bond acceptors (Lipinski definition) is 1. The lowest BCUT2D eigenvalue weighted by Crippen LogP contribution is -2.39. The van der Waals surface area contributed by atoms with Gasteiger partial charge in [0.2, 0.25) is 5.91 Å². The largest absolute Gasteiger partial charge is 0.344 e. The molecule has 17 heavy (non-hydrogen) atoms. The fourth-order valence-electron chi connectivity index (χ4n) is 2.33. The molecule has 1 aliphatic rings. The van der Waals surface area contributed by atoms with Crippen LogP contribution in [0.2, 0.25) is 13.1 Å². The zero-order valence-corrected chi connectivity index (χ0v) is 12.1. The Morgan fingerprint density at radius 2 is 2.00 bits per heavy atom. The quantitative estimate of drug-likeness (QED) is 0.609. The Kier molecular flexibility index (Phi) is 3.59. The van der Waals surface area contributed by atoms with Gasteiger partial charge in [-0.05, 0) is 5.56 Å². The minimum Gasteiger partial charge on any atom is -0.344 e. The predicted molar refractivity (Wildman–Crippen MR) is 73.7 cm³/mol. The highest BCUT2D eigenvalue weighted by Gasteiger charge is 2.34. The van der Waals surface area contributed by atoms with Crippen LogP contribution in [0.25, 0.3) is 0 Å². The molecule has 0 spiro atoms. The van der Waals surface area contributed by atoms with E-state index in [9.17, 15) is 4.79 Å². The average molecular weight is 268 g/mol. The molecular weight excluding hydrogens is 250 g/mol. The fourth-order valence-corrected chi connectivity index (χ4v) is 3.97. The van der Waals surface area contributed by atoms with Gasteiger partial charge in [0, 0.05) is 25.1 Å². The van der Waals surface area contributed by atoms with Crippen molar-refractivity contribution in [1.29, 1.82) is 0 Å². The van der Waals surface area contributed by atoms with Crippen molar-refractivity contribution in [1.82, 2.24) is 4.90 Å². The molecule has 0 radical (unpaired) electrons. The summed E-state index contributed by atoms with van der Waals surface area (Å²) in [6.07, 6.45) is 1.39. The number of likely N-dealkylation sites (tertiary alicyclic amines) is 1. The topological polar surface area (TPSA) is 20.3 Å². The molecule has 0 saturated carbocycles. The van der Waals surface area contributed by atoms with Gasteiger partial charge in [-0.15, -0.1) is 0 Å². The molecule has 1 amide bonds. The molecule has 2 rings (SSSR count). The van der Waals surface area contributed by atoms with Crippen LogP contribution in [-0.4, -0.2) is 30.9 Å². The summed E-state index contributed by atoms with van der Waals surface area (Å²) in [5.74, 6) is 0.594. The van der Waals surface area contributed by atoms with E-state index in [2.05, 4.69) is 25.2 Å². The SMILES string of the molecule is C[Si](C)(Cl)CN1C[C@@H](c2ccccc2)CC1=O. The third-order valence-corrected chi connectivity index (χ3v) is 4.54. The van der Waals surface area contributed by atoms with Crippen LogP contribution < -0.4 is 0 Å². The van der Waals surface area contributed by atoms with Crippen molar-refractivity contribution in [3.8, 4) is 0 Å². The van der Waals surface area contributed by atoms with E-state index in [1.165, 1.54) is 5.56 Å². The molecule has 1 aliphatic heterocycles. The highest BCUT2D eigenvalue weighted by Crippen LogP contribution is 2.29. The van der Waals surface area contributed by atoms with Gasteiger partial charge < -0.3 is 4.90 Å². The third kappa shape index (κ3) is 3.33. The van der Waals surface area contributed by atoms with E-state index in [0.29, 0.717) is 12.3 Å². The van der Waals surface area contributed by atoms with E-state index in [1.807, 2.05) is 23.1 Å². The van der Waals surface area contributed by atoms with Crippen molar-refractivity contribution in [2.24, 2.45) is 0 Å². The number of halogens is 1. The van der Waals surface area contributed by atoms with E-state index in [-0.39, 0.29) is 5.91 Å². The second-order valence-electron chi connectivity index (χ2n) is 5.30. The van der Waals surface area contributed by atoms with E-state index in [1.54, 1.807) is 0 Å². The number of benzene rings is 1. The number of carbonyl (C=O) groups excluding carboxylic acids is 1. The van der Waals surface area contributed by atoms with E-state index >= 15 is 0 Å². The minimum absolute atomic E-state index is 0.250. The first-order valence-electron chi connectivity index (χ1n) is 5.97. The van der Waals surface area contributed by atoms with E-state index in [4.69, 9.17) is 11.1 Å². The van der Waals surface area contributed by atoms with Crippen LogP contribution in [0.15, 0.2) is 30.3 Å². The second-order valence-corrected chi connectivity index (χ2v) is 12.1. The van der Waals surface area contributed by atoms with Crippen molar-refractivity contribution < 1.29 is 4.79 Å². The molecule has 1 aromatic rings. The Morgan fingerprint density at radius 1 is 1.35 bits per heavy atom. The molecular formula is C13H18ClNOSi. The number of amides is 1. The molecule has 1 atom stereocenters. The third-order valence-electron chi connectivity index (χ3n) is 3.05. The Labute approximate surface area is 108 Å². The lowest BCUT2D eigenvalue weighted by molar-refractivity contribution is -0.127. The van der Waals surface area contributed by atoms with Crippen molar-refractivity contribution in [3.05, 3.63) is 35.9 Å². The summed E-state index contributed by atoms with van der Waals surface area (Å²) in [5, 5.41) is 0. The first-order chi connectivity index (χ1) is 7.96. The summed E-state index contributed by atoms with van der Waals surface area (Å²) in [6.45, 7) is 4.99. The summed E-state index contributed by atoms with van der Waals surface area (Å²) in [5.41, 5.74) is 1.26. The maximum absolute atomic E-state index is 11.9. The van der Waals surface area contributed by atoms with Gasteiger partial charge in [0.05, 0.1) is 0 Å². The average Bonchev–Trinajstić information content (AvgIpc) is 2.59. The van der Waals surface area contributed by atoms with Crippen LogP contribution in [0.5, 0.6) is 0 Å². The number of carbonyl (C=O) groups is 1. The molecule has 0 unspecified atom stereocenters. The lowest BCUT2D eigenvalue weighted by atomic mass is 9.99. The molecule has 4 heteroatoms. The molecule has 2 nitrogen and oxygen atoms in total. The van der Waals surface area contributed by atoms with Crippen molar-refractivity contribution in [2.45, 2.75) is 25.4 Å². The normalized spacial score (nSPS) is 21.0. The molecule has 0 aliphatic carbocycles. The van der Waals surface area contributed by atoms with Crippen molar-refractivity contribution >= 4 is 24.4 Å². The molecule has 1 saturated heterocycles. The Bertz CT molecular complexity index is 402. The van der Waals surface area contributed by atoms with Crippen LogP contribution in [0.4, 0.5) is 0 Å². The van der Waals surface area contributed by atoms with Gasteiger partial charge in [0.25, 0.3) is 0 Å². The number of rotatable bonds is 3. The number of hydrogen-bond donors (Lipinski definition) is 0. The van der Waals surface area contributed by atoms with Crippen molar-refractivity contribution in [2.75, 3.05) is 12.7 Å². The number of nitrogens with zero attached hydrogens (tertiary/aromatic N) is 1. The fraction of sp³-hybridized carbons (Fsp3) is 0.462. The molecule has 1 fully saturated rings. The summed E-state index contributed by atoms with van der Waals surface area (Å²) in [4.78, 5) is 13.9. The van der Waals surface area contributed by atoms with Gasteiger partial charge in [-0.1, -0.05) is 43.4 Å². The van der Waals surface area contributed by atoms with Crippen LogP contribution in [0.1, 0.15) is 17.9 Å². The van der Waals surface area contributed by atoms with Crippen LogP contribution in [-0.2, 0) is 4.79 Å². The summed E-state index contributed by atoms with van der Waals surface area (Å²) >= 11 is 6.32.